The van der Waals surface area contributed by atoms with Crippen LogP contribution >= 0.6 is 0 Å². The summed E-state index contributed by atoms with van der Waals surface area (Å²) in [5.41, 5.74) is 0.139. The number of ether oxygens (including phenoxy) is 2. The van der Waals surface area contributed by atoms with Crippen molar-refractivity contribution in [1.29, 1.82) is 0 Å². The number of benzene rings is 1. The van der Waals surface area contributed by atoms with Gasteiger partial charge in [-0.25, -0.2) is 0 Å². The zero-order valence-corrected chi connectivity index (χ0v) is 11.4. The maximum Gasteiger partial charge on any atom is 0.255 e. The Balaban J connectivity index is 1.95. The summed E-state index contributed by atoms with van der Waals surface area (Å²) in [7, 11) is 0. The highest BCUT2D eigenvalue weighted by Gasteiger charge is 2.38. The van der Waals surface area contributed by atoms with Crippen LogP contribution in [-0.2, 0) is 4.74 Å². The normalized spacial score (nSPS) is 25.4. The van der Waals surface area contributed by atoms with Gasteiger partial charge in [-0.15, -0.1) is 0 Å². The van der Waals surface area contributed by atoms with E-state index in [1.807, 2.05) is 6.92 Å². The van der Waals surface area contributed by atoms with Gasteiger partial charge in [-0.1, -0.05) is 0 Å². The molecule has 1 aromatic carbocycles. The van der Waals surface area contributed by atoms with E-state index < -0.39 is 5.60 Å². The molecular weight excluding hydrogens is 258 g/mol. The van der Waals surface area contributed by atoms with Crippen LogP contribution in [0, 0.1) is 0 Å². The zero-order valence-electron chi connectivity index (χ0n) is 11.4. The Labute approximate surface area is 117 Å². The lowest BCUT2D eigenvalue weighted by Gasteiger charge is -2.21. The van der Waals surface area contributed by atoms with Crippen molar-refractivity contribution in [2.24, 2.45) is 0 Å². The van der Waals surface area contributed by atoms with Crippen molar-refractivity contribution in [2.75, 3.05) is 19.8 Å². The maximum atomic E-state index is 12.5. The summed E-state index contributed by atoms with van der Waals surface area (Å²) in [6.07, 6.45) is 1.60. The number of hydrogen-bond donors (Lipinski definition) is 1. The average molecular weight is 275 g/mol. The molecule has 20 heavy (non-hydrogen) atoms. The molecule has 5 nitrogen and oxygen atoms in total. The summed E-state index contributed by atoms with van der Waals surface area (Å²) in [6, 6.07) is 4.99. The zero-order chi connectivity index (χ0) is 14.2. The van der Waals surface area contributed by atoms with E-state index in [-0.39, 0.29) is 11.7 Å². The first-order chi connectivity index (χ1) is 9.60. The molecule has 0 radical (unpaired) electrons. The third-order valence-electron chi connectivity index (χ3n) is 3.83. The van der Waals surface area contributed by atoms with E-state index >= 15 is 0 Å². The van der Waals surface area contributed by atoms with Crippen LogP contribution in [0.5, 0.6) is 5.75 Å². The van der Waals surface area contributed by atoms with Crippen LogP contribution in [0.3, 0.4) is 0 Å². The highest BCUT2D eigenvalue weighted by molar-refractivity contribution is 6.05. The monoisotopic (exact) mass is 275 g/mol. The molecule has 2 aliphatic heterocycles. The van der Waals surface area contributed by atoms with Gasteiger partial charge in [0.05, 0.1) is 12.1 Å². The lowest BCUT2D eigenvalue weighted by molar-refractivity contribution is 0.0213. The third kappa shape index (κ3) is 2.18. The number of Topliss-reactive ketones (excluding diaryl/α,β-unsaturated/α-hetero) is 1. The number of fused-ring (bicyclic) bond motifs is 1. The van der Waals surface area contributed by atoms with Gasteiger partial charge < -0.3 is 14.8 Å². The maximum absolute atomic E-state index is 12.5. The fourth-order valence-electron chi connectivity index (χ4n) is 2.66. The summed E-state index contributed by atoms with van der Waals surface area (Å²) >= 11 is 0. The van der Waals surface area contributed by atoms with Crippen LogP contribution in [0.4, 0.5) is 0 Å². The minimum Gasteiger partial charge on any atom is -0.491 e. The predicted molar refractivity (Wildman–Crippen MR) is 72.2 cm³/mol. The quantitative estimate of drug-likeness (QED) is 0.832. The molecule has 0 saturated carbocycles. The largest absolute Gasteiger partial charge is 0.491 e. The van der Waals surface area contributed by atoms with E-state index in [9.17, 15) is 9.59 Å². The van der Waals surface area contributed by atoms with Gasteiger partial charge in [0, 0.05) is 12.2 Å². The summed E-state index contributed by atoms with van der Waals surface area (Å²) in [5.74, 6) is 0.244. The first kappa shape index (κ1) is 13.1. The van der Waals surface area contributed by atoms with Crippen molar-refractivity contribution >= 4 is 11.7 Å². The van der Waals surface area contributed by atoms with Crippen LogP contribution in [-0.4, -0.2) is 37.0 Å². The van der Waals surface area contributed by atoms with Gasteiger partial charge in [0.15, 0.2) is 5.78 Å². The molecule has 1 saturated heterocycles. The first-order valence-corrected chi connectivity index (χ1v) is 6.84. The number of rotatable bonds is 2. The van der Waals surface area contributed by atoms with Crippen LogP contribution in [0.2, 0.25) is 0 Å². The number of nitrogens with one attached hydrogen (secondary N) is 1. The highest BCUT2D eigenvalue weighted by atomic mass is 16.5. The van der Waals surface area contributed by atoms with Gasteiger partial charge >= 0.3 is 0 Å². The van der Waals surface area contributed by atoms with Crippen LogP contribution in [0.25, 0.3) is 0 Å². The first-order valence-electron chi connectivity index (χ1n) is 6.84. The highest BCUT2D eigenvalue weighted by Crippen LogP contribution is 2.31. The Kier molecular flexibility index (Phi) is 3.22. The van der Waals surface area contributed by atoms with Crippen LogP contribution < -0.4 is 10.1 Å². The Bertz CT molecular complexity index is 561. The molecule has 1 unspecified atom stereocenters. The van der Waals surface area contributed by atoms with Gasteiger partial charge in [-0.3, -0.25) is 9.59 Å². The van der Waals surface area contributed by atoms with Crippen molar-refractivity contribution in [3.05, 3.63) is 29.3 Å². The van der Waals surface area contributed by atoms with Gasteiger partial charge in [0.1, 0.15) is 18.0 Å². The van der Waals surface area contributed by atoms with Crippen molar-refractivity contribution < 1.29 is 19.1 Å². The molecule has 3 rings (SSSR count). The van der Waals surface area contributed by atoms with E-state index in [4.69, 9.17) is 9.47 Å². The number of amides is 1. The number of ketones is 1. The van der Waals surface area contributed by atoms with E-state index in [1.54, 1.807) is 18.2 Å². The second-order valence-corrected chi connectivity index (χ2v) is 5.33. The van der Waals surface area contributed by atoms with Crippen LogP contribution in [0.1, 0.15) is 40.5 Å². The molecular formula is C15H17NO4. The summed E-state index contributed by atoms with van der Waals surface area (Å²) in [6.45, 7) is 3.33. The molecule has 1 N–H and O–H groups in total. The van der Waals surface area contributed by atoms with Gasteiger partial charge in [0.25, 0.3) is 5.91 Å². The molecule has 0 bridgehead atoms. The second-order valence-electron chi connectivity index (χ2n) is 5.33. The lowest BCUT2D eigenvalue weighted by atomic mass is 9.91. The molecule has 1 aromatic rings. The van der Waals surface area contributed by atoms with E-state index in [0.717, 1.165) is 6.42 Å². The molecule has 0 aliphatic carbocycles. The third-order valence-corrected chi connectivity index (χ3v) is 3.83. The van der Waals surface area contributed by atoms with E-state index in [0.29, 0.717) is 43.1 Å². The minimum atomic E-state index is -0.768. The fourth-order valence-corrected chi connectivity index (χ4v) is 2.66. The van der Waals surface area contributed by atoms with Crippen molar-refractivity contribution in [3.8, 4) is 5.75 Å². The number of carbonyl (C=O) groups is 2. The Morgan fingerprint density at radius 2 is 2.20 bits per heavy atom. The van der Waals surface area contributed by atoms with E-state index in [2.05, 4.69) is 5.32 Å². The number of carbonyl (C=O) groups excluding carboxylic acids is 2. The van der Waals surface area contributed by atoms with Gasteiger partial charge in [0.2, 0.25) is 0 Å². The summed E-state index contributed by atoms with van der Waals surface area (Å²) in [5, 5.41) is 2.74. The molecule has 1 atom stereocenters. The van der Waals surface area contributed by atoms with Crippen LogP contribution in [0.15, 0.2) is 18.2 Å². The average Bonchev–Trinajstić information content (AvgIpc) is 2.82. The Morgan fingerprint density at radius 1 is 1.35 bits per heavy atom. The van der Waals surface area contributed by atoms with Crippen molar-refractivity contribution in [2.45, 2.75) is 25.4 Å². The molecule has 2 aliphatic rings. The van der Waals surface area contributed by atoms with Crippen molar-refractivity contribution in [1.82, 2.24) is 5.32 Å². The standard InChI is InChI=1S/C15H17NO4/c1-15(5-2-7-20-15)13(17)10-3-4-12-11(9-10)14(18)16-6-8-19-12/h3-4,9H,2,5-8H2,1H3,(H,16,18). The molecule has 1 amide bonds. The molecule has 5 heteroatoms. The fraction of sp³-hybridized carbons (Fsp3) is 0.467. The molecule has 1 fully saturated rings. The summed E-state index contributed by atoms with van der Waals surface area (Å²) < 4.78 is 11.0. The molecule has 0 aromatic heterocycles. The SMILES string of the molecule is CC1(C(=O)c2ccc3c(c2)C(=O)NCCO3)CCCO1. The Morgan fingerprint density at radius 3 is 2.95 bits per heavy atom. The van der Waals surface area contributed by atoms with Crippen molar-refractivity contribution in [3.63, 3.8) is 0 Å². The predicted octanol–water partition coefficient (Wildman–Crippen LogP) is 1.56. The smallest absolute Gasteiger partial charge is 0.255 e. The van der Waals surface area contributed by atoms with E-state index in [1.165, 1.54) is 0 Å². The molecule has 106 valence electrons. The molecule has 2 heterocycles. The lowest BCUT2D eigenvalue weighted by Crippen LogP contribution is -2.34. The minimum absolute atomic E-state index is 0.0742. The topological polar surface area (TPSA) is 64.6 Å². The molecule has 0 spiro atoms. The summed E-state index contributed by atoms with van der Waals surface area (Å²) in [4.78, 5) is 24.5. The number of hydrogen-bond acceptors (Lipinski definition) is 4. The Hall–Kier alpha value is -1.88. The van der Waals surface area contributed by atoms with Gasteiger partial charge in [-0.2, -0.15) is 0 Å². The van der Waals surface area contributed by atoms with Gasteiger partial charge in [-0.05, 0) is 38.0 Å². The second kappa shape index (κ2) is 4.90.